The molecule has 0 N–H and O–H groups in total. The molecule has 0 aliphatic rings. The van der Waals surface area contributed by atoms with E-state index in [0.717, 1.165) is 10.6 Å². The fourth-order valence-corrected chi connectivity index (χ4v) is 2.86. The highest BCUT2D eigenvalue weighted by atomic mass is 19.4. The minimum Gasteiger partial charge on any atom is -0.339 e. The summed E-state index contributed by atoms with van der Waals surface area (Å²) in [6.07, 6.45) is -3.31. The van der Waals surface area contributed by atoms with Crippen LogP contribution in [-0.4, -0.2) is 24.1 Å². The van der Waals surface area contributed by atoms with E-state index in [9.17, 15) is 18.0 Å². The van der Waals surface area contributed by atoms with Gasteiger partial charge in [0.05, 0.1) is 16.5 Å². The molecule has 0 bridgehead atoms. The molecule has 4 aromatic rings. The maximum absolute atomic E-state index is 13.3. The molecule has 3 aromatic heterocycles. The number of hydrogen-bond donors (Lipinski definition) is 0. The quantitative estimate of drug-likeness (QED) is 0.528. The second-order valence-electron chi connectivity index (χ2n) is 5.49. The van der Waals surface area contributed by atoms with Gasteiger partial charge in [0.25, 0.3) is 5.56 Å². The van der Waals surface area contributed by atoms with E-state index in [1.165, 1.54) is 29.9 Å². The van der Waals surface area contributed by atoms with Gasteiger partial charge >= 0.3 is 6.18 Å². The van der Waals surface area contributed by atoms with E-state index in [4.69, 9.17) is 4.52 Å². The number of hydrogen-bond acceptors (Lipinski definition) is 5. The normalized spacial score (nSPS) is 12.4. The largest absolute Gasteiger partial charge is 0.417 e. The lowest BCUT2D eigenvalue weighted by Crippen LogP contribution is -2.23. The molecule has 0 saturated heterocycles. The number of alkyl halides is 3. The molecule has 0 fully saturated rings. The van der Waals surface area contributed by atoms with Gasteiger partial charge in [0.1, 0.15) is 6.33 Å². The van der Waals surface area contributed by atoms with Gasteiger partial charge in [-0.15, -0.1) is 0 Å². The zero-order chi connectivity index (χ0) is 17.9. The van der Waals surface area contributed by atoms with Gasteiger partial charge in [0.2, 0.25) is 11.7 Å². The molecule has 1 aromatic carbocycles. The summed E-state index contributed by atoms with van der Waals surface area (Å²) in [7, 11) is 1.38. The summed E-state index contributed by atoms with van der Waals surface area (Å²) >= 11 is 0. The first-order chi connectivity index (χ1) is 11.8. The van der Waals surface area contributed by atoms with Crippen LogP contribution in [0.4, 0.5) is 13.2 Å². The van der Waals surface area contributed by atoms with Crippen LogP contribution in [0.2, 0.25) is 0 Å². The second kappa shape index (κ2) is 4.91. The van der Waals surface area contributed by atoms with Crippen molar-refractivity contribution in [1.29, 1.82) is 0 Å². The average molecular weight is 349 g/mol. The Morgan fingerprint density at radius 2 is 2.00 bits per heavy atom. The summed E-state index contributed by atoms with van der Waals surface area (Å²) in [6, 6.07) is 3.57. The van der Waals surface area contributed by atoms with Gasteiger partial charge in [-0.25, -0.2) is 4.98 Å². The molecule has 25 heavy (non-hydrogen) atoms. The average Bonchev–Trinajstić information content (AvgIpc) is 3.17. The van der Waals surface area contributed by atoms with Crippen molar-refractivity contribution in [2.45, 2.75) is 13.1 Å². The summed E-state index contributed by atoms with van der Waals surface area (Å²) in [5.41, 5.74) is -1.14. The predicted octanol–water partition coefficient (Wildman–Crippen LogP) is 2.56. The highest BCUT2D eigenvalue weighted by Crippen LogP contribution is 2.34. The van der Waals surface area contributed by atoms with Crippen molar-refractivity contribution >= 4 is 16.6 Å². The molecule has 4 rings (SSSR count). The maximum atomic E-state index is 13.3. The summed E-state index contributed by atoms with van der Waals surface area (Å²) in [6.45, 7) is 1.60. The topological polar surface area (TPSA) is 78.2 Å². The number of aryl methyl sites for hydroxylation is 2. The van der Waals surface area contributed by atoms with Crippen molar-refractivity contribution in [2.24, 2.45) is 7.05 Å². The number of imidazole rings is 1. The zero-order valence-electron chi connectivity index (χ0n) is 13.0. The van der Waals surface area contributed by atoms with E-state index < -0.39 is 22.7 Å². The molecule has 10 heteroatoms. The molecule has 0 radical (unpaired) electrons. The van der Waals surface area contributed by atoms with E-state index in [1.807, 2.05) is 0 Å². The summed E-state index contributed by atoms with van der Waals surface area (Å²) in [5, 5.41) is 3.34. The van der Waals surface area contributed by atoms with Crippen LogP contribution < -0.4 is 5.56 Å². The van der Waals surface area contributed by atoms with Gasteiger partial charge in [0, 0.05) is 14.0 Å². The molecule has 0 atom stereocenters. The smallest absolute Gasteiger partial charge is 0.339 e. The second-order valence-corrected chi connectivity index (χ2v) is 5.49. The van der Waals surface area contributed by atoms with Crippen LogP contribution in [0.25, 0.3) is 28.1 Å². The zero-order valence-corrected chi connectivity index (χ0v) is 13.0. The minimum atomic E-state index is -4.65. The Balaban J connectivity index is 2.18. The van der Waals surface area contributed by atoms with E-state index in [-0.39, 0.29) is 22.7 Å². The number of rotatable bonds is 1. The fourth-order valence-electron chi connectivity index (χ4n) is 2.86. The molecule has 0 aliphatic heterocycles. The Morgan fingerprint density at radius 3 is 2.64 bits per heavy atom. The Hall–Kier alpha value is -3.17. The van der Waals surface area contributed by atoms with Crippen LogP contribution in [0.15, 0.2) is 33.8 Å². The molecule has 0 aliphatic carbocycles. The van der Waals surface area contributed by atoms with Crippen molar-refractivity contribution in [2.75, 3.05) is 0 Å². The fraction of sp³-hybridized carbons (Fsp3) is 0.200. The molecule has 3 heterocycles. The number of nitrogens with zero attached hydrogens (tertiary/aromatic N) is 5. The third-order valence-corrected chi connectivity index (χ3v) is 3.93. The molecule has 128 valence electrons. The van der Waals surface area contributed by atoms with E-state index in [0.29, 0.717) is 5.89 Å². The van der Waals surface area contributed by atoms with Crippen molar-refractivity contribution in [1.82, 2.24) is 24.1 Å². The number of aromatic nitrogens is 5. The van der Waals surface area contributed by atoms with Crippen LogP contribution in [0.5, 0.6) is 0 Å². The van der Waals surface area contributed by atoms with Crippen molar-refractivity contribution < 1.29 is 17.7 Å². The SMILES string of the molecule is Cc1nc(-c2ncn3c4cccc(C(F)(F)F)c4c(=O)n(C)c23)no1. The standard InChI is InChI=1S/C15H10F3N5O2/c1-7-20-12(21-25-7)11-13-22(2)14(24)10-8(15(16,17)18)4-3-5-9(10)23(13)6-19-11/h3-6H,1-2H3. The number of halogens is 3. The van der Waals surface area contributed by atoms with Crippen LogP contribution >= 0.6 is 0 Å². The van der Waals surface area contributed by atoms with Gasteiger partial charge in [-0.1, -0.05) is 11.2 Å². The third kappa shape index (κ3) is 2.13. The van der Waals surface area contributed by atoms with Gasteiger partial charge in [-0.05, 0) is 12.1 Å². The Bertz CT molecular complexity index is 1190. The number of fused-ring (bicyclic) bond motifs is 3. The highest BCUT2D eigenvalue weighted by Gasteiger charge is 2.34. The monoisotopic (exact) mass is 349 g/mol. The van der Waals surface area contributed by atoms with Crippen LogP contribution in [0, 0.1) is 6.92 Å². The molecule has 0 saturated carbocycles. The maximum Gasteiger partial charge on any atom is 0.417 e. The number of benzene rings is 1. The van der Waals surface area contributed by atoms with Gasteiger partial charge in [-0.2, -0.15) is 18.2 Å². The van der Waals surface area contributed by atoms with Gasteiger partial charge < -0.3 is 4.52 Å². The lowest BCUT2D eigenvalue weighted by molar-refractivity contribution is -0.136. The van der Waals surface area contributed by atoms with Crippen molar-refractivity contribution in [3.8, 4) is 11.5 Å². The first-order valence-electron chi connectivity index (χ1n) is 7.15. The lowest BCUT2D eigenvalue weighted by Gasteiger charge is -2.13. The van der Waals surface area contributed by atoms with Crippen LogP contribution in [0.1, 0.15) is 11.5 Å². The van der Waals surface area contributed by atoms with Gasteiger partial charge in [0.15, 0.2) is 11.3 Å². The molecular weight excluding hydrogens is 339 g/mol. The van der Waals surface area contributed by atoms with Crippen molar-refractivity contribution in [3.63, 3.8) is 0 Å². The molecule has 7 nitrogen and oxygen atoms in total. The third-order valence-electron chi connectivity index (χ3n) is 3.93. The molecule has 0 spiro atoms. The van der Waals surface area contributed by atoms with Crippen LogP contribution in [-0.2, 0) is 13.2 Å². The first kappa shape index (κ1) is 15.4. The molecule has 0 unspecified atom stereocenters. The predicted molar refractivity (Wildman–Crippen MR) is 81.0 cm³/mol. The van der Waals surface area contributed by atoms with Crippen LogP contribution in [0.3, 0.4) is 0 Å². The van der Waals surface area contributed by atoms with E-state index in [2.05, 4.69) is 15.1 Å². The van der Waals surface area contributed by atoms with E-state index >= 15 is 0 Å². The molecular formula is C15H10F3N5O2. The van der Waals surface area contributed by atoms with Gasteiger partial charge in [-0.3, -0.25) is 13.8 Å². The Kier molecular flexibility index (Phi) is 3.02. The lowest BCUT2D eigenvalue weighted by atomic mass is 10.1. The summed E-state index contributed by atoms with van der Waals surface area (Å²) in [5.74, 6) is 0.461. The highest BCUT2D eigenvalue weighted by molar-refractivity contribution is 5.87. The summed E-state index contributed by atoms with van der Waals surface area (Å²) in [4.78, 5) is 20.9. The van der Waals surface area contributed by atoms with E-state index in [1.54, 1.807) is 6.92 Å². The minimum absolute atomic E-state index is 0.104. The Labute approximate surface area is 137 Å². The molecule has 0 amide bonds. The first-order valence-corrected chi connectivity index (χ1v) is 7.15. The van der Waals surface area contributed by atoms with Crippen molar-refractivity contribution in [3.05, 3.63) is 46.3 Å². The summed E-state index contributed by atoms with van der Waals surface area (Å²) < 4.78 is 47.3. The Morgan fingerprint density at radius 1 is 1.24 bits per heavy atom.